The molecule has 2 aromatic carbocycles. The number of hydrogen-bond acceptors (Lipinski definition) is 4. The molecule has 0 saturated carbocycles. The summed E-state index contributed by atoms with van der Waals surface area (Å²) in [5.74, 6) is 0. The second-order valence-electron chi connectivity index (χ2n) is 4.11. The van der Waals surface area contributed by atoms with Crippen molar-refractivity contribution < 1.29 is 0 Å². The number of nitrogens with zero attached hydrogens (tertiary/aromatic N) is 2. The van der Waals surface area contributed by atoms with Crippen molar-refractivity contribution in [3.05, 3.63) is 57.3 Å². The maximum absolute atomic E-state index is 10.6. The second-order valence-corrected chi connectivity index (χ2v) is 4.11. The molecule has 0 saturated heterocycles. The lowest BCUT2D eigenvalue weighted by Gasteiger charge is -2.10. The van der Waals surface area contributed by atoms with Crippen molar-refractivity contribution in [3.63, 3.8) is 0 Å². The fourth-order valence-electron chi connectivity index (χ4n) is 1.92. The Bertz CT molecular complexity index is 604. The summed E-state index contributed by atoms with van der Waals surface area (Å²) in [4.78, 5) is 21.0. The Balaban J connectivity index is 2.53. The molecule has 0 spiro atoms. The summed E-state index contributed by atoms with van der Waals surface area (Å²) in [6, 6.07) is 10.6. The van der Waals surface area contributed by atoms with Crippen molar-refractivity contribution in [1.29, 1.82) is 0 Å². The molecule has 0 aliphatic carbocycles. The minimum atomic E-state index is 0.402. The third-order valence-electron chi connectivity index (χ3n) is 3.14. The van der Waals surface area contributed by atoms with Crippen LogP contribution in [-0.2, 0) is 0 Å². The summed E-state index contributed by atoms with van der Waals surface area (Å²) >= 11 is 0. The molecule has 0 unspecified atom stereocenters. The predicted molar refractivity (Wildman–Crippen MR) is 72.3 cm³/mol. The lowest BCUT2D eigenvalue weighted by Crippen LogP contribution is -1.87. The van der Waals surface area contributed by atoms with Crippen molar-refractivity contribution >= 4 is 11.4 Å². The van der Waals surface area contributed by atoms with Crippen molar-refractivity contribution in [2.24, 2.45) is 10.4 Å². The Morgan fingerprint density at radius 1 is 0.778 bits per heavy atom. The molecule has 0 N–H and O–H groups in total. The van der Waals surface area contributed by atoms with Gasteiger partial charge >= 0.3 is 0 Å². The fraction of sp³-hybridized carbons (Fsp3) is 0.143. The highest BCUT2D eigenvalue weighted by Gasteiger charge is 2.08. The van der Waals surface area contributed by atoms with Crippen LogP contribution in [0.3, 0.4) is 0 Å². The molecule has 18 heavy (non-hydrogen) atoms. The van der Waals surface area contributed by atoms with Crippen LogP contribution in [0.5, 0.6) is 0 Å². The van der Waals surface area contributed by atoms with Gasteiger partial charge in [0, 0.05) is 0 Å². The summed E-state index contributed by atoms with van der Waals surface area (Å²) in [5.41, 5.74) is 4.76. The minimum absolute atomic E-state index is 0.402. The monoisotopic (exact) mass is 240 g/mol. The molecule has 2 rings (SSSR count). The van der Waals surface area contributed by atoms with E-state index in [4.69, 9.17) is 0 Å². The van der Waals surface area contributed by atoms with E-state index < -0.39 is 0 Å². The normalized spacial score (nSPS) is 10.1. The van der Waals surface area contributed by atoms with E-state index in [-0.39, 0.29) is 0 Å². The maximum Gasteiger partial charge on any atom is 0.111 e. The highest BCUT2D eigenvalue weighted by Crippen LogP contribution is 2.31. The molecule has 0 aliphatic heterocycles. The summed E-state index contributed by atoms with van der Waals surface area (Å²) in [7, 11) is 0. The van der Waals surface area contributed by atoms with Gasteiger partial charge in [0.15, 0.2) is 0 Å². The van der Waals surface area contributed by atoms with Gasteiger partial charge in [0.25, 0.3) is 0 Å². The van der Waals surface area contributed by atoms with Crippen molar-refractivity contribution in [2.45, 2.75) is 13.8 Å². The quantitative estimate of drug-likeness (QED) is 0.725. The zero-order chi connectivity index (χ0) is 13.1. The van der Waals surface area contributed by atoms with Crippen LogP contribution in [-0.4, -0.2) is 0 Å². The number of hydrogen-bond donors (Lipinski definition) is 0. The SMILES string of the molecule is Cc1c(N=O)ccc(-c2ccc(N=O)cc2)c1C. The van der Waals surface area contributed by atoms with Crippen LogP contribution in [0.25, 0.3) is 11.1 Å². The largest absolute Gasteiger partial charge is 0.145 e. The zero-order valence-corrected chi connectivity index (χ0v) is 10.2. The van der Waals surface area contributed by atoms with E-state index in [1.807, 2.05) is 32.0 Å². The smallest absolute Gasteiger partial charge is 0.111 e. The van der Waals surface area contributed by atoms with Gasteiger partial charge < -0.3 is 0 Å². The van der Waals surface area contributed by atoms with Crippen molar-refractivity contribution in [3.8, 4) is 11.1 Å². The van der Waals surface area contributed by atoms with E-state index in [1.165, 1.54) is 0 Å². The first-order valence-corrected chi connectivity index (χ1v) is 5.54. The maximum atomic E-state index is 10.6. The van der Waals surface area contributed by atoms with Crippen molar-refractivity contribution in [2.75, 3.05) is 0 Å². The van der Waals surface area contributed by atoms with Gasteiger partial charge in [-0.25, -0.2) is 0 Å². The van der Waals surface area contributed by atoms with Crippen LogP contribution in [0.2, 0.25) is 0 Å². The topological polar surface area (TPSA) is 58.9 Å². The van der Waals surface area contributed by atoms with Gasteiger partial charge in [-0.3, -0.25) is 0 Å². The van der Waals surface area contributed by atoms with Gasteiger partial charge in [-0.1, -0.05) is 18.2 Å². The highest BCUT2D eigenvalue weighted by atomic mass is 16.3. The zero-order valence-electron chi connectivity index (χ0n) is 10.2. The fourth-order valence-corrected chi connectivity index (χ4v) is 1.92. The summed E-state index contributed by atoms with van der Waals surface area (Å²) in [5, 5.41) is 5.85. The standard InChI is InChI=1S/C14H12N2O2/c1-9-10(2)14(16-18)8-7-13(9)11-3-5-12(15-17)6-4-11/h3-8H,1-2H3. The number of rotatable bonds is 3. The number of benzene rings is 2. The van der Waals surface area contributed by atoms with Crippen LogP contribution >= 0.6 is 0 Å². The second kappa shape index (κ2) is 4.87. The average Bonchev–Trinajstić information content (AvgIpc) is 2.42. The molecular formula is C14H12N2O2. The first-order valence-electron chi connectivity index (χ1n) is 5.54. The Morgan fingerprint density at radius 3 is 2.00 bits per heavy atom. The Labute approximate surface area is 105 Å². The van der Waals surface area contributed by atoms with Gasteiger partial charge in [0.05, 0.1) is 0 Å². The number of nitroso groups, excluding NO2 is 2. The van der Waals surface area contributed by atoms with Gasteiger partial charge in [0.1, 0.15) is 11.4 Å². The third-order valence-corrected chi connectivity index (χ3v) is 3.14. The Kier molecular flexibility index (Phi) is 3.28. The molecule has 0 bridgehead atoms. The van der Waals surface area contributed by atoms with Gasteiger partial charge in [-0.05, 0) is 64.7 Å². The molecule has 4 heteroatoms. The van der Waals surface area contributed by atoms with Crippen LogP contribution in [0.1, 0.15) is 11.1 Å². The molecule has 0 aromatic heterocycles. The van der Waals surface area contributed by atoms with E-state index in [0.717, 1.165) is 22.3 Å². The molecule has 4 nitrogen and oxygen atoms in total. The molecule has 2 aromatic rings. The van der Waals surface area contributed by atoms with E-state index in [9.17, 15) is 9.81 Å². The molecule has 90 valence electrons. The van der Waals surface area contributed by atoms with Crippen molar-refractivity contribution in [1.82, 2.24) is 0 Å². The summed E-state index contributed by atoms with van der Waals surface area (Å²) in [6.45, 7) is 3.82. The summed E-state index contributed by atoms with van der Waals surface area (Å²) < 4.78 is 0. The van der Waals surface area contributed by atoms with E-state index >= 15 is 0 Å². The molecular weight excluding hydrogens is 228 g/mol. The minimum Gasteiger partial charge on any atom is -0.145 e. The molecule has 0 radical (unpaired) electrons. The summed E-state index contributed by atoms with van der Waals surface area (Å²) in [6.07, 6.45) is 0. The highest BCUT2D eigenvalue weighted by molar-refractivity contribution is 5.72. The molecule has 0 fully saturated rings. The third kappa shape index (κ3) is 2.05. The van der Waals surface area contributed by atoms with Crippen LogP contribution in [0.4, 0.5) is 11.4 Å². The van der Waals surface area contributed by atoms with E-state index in [2.05, 4.69) is 10.4 Å². The Morgan fingerprint density at radius 2 is 1.44 bits per heavy atom. The van der Waals surface area contributed by atoms with Gasteiger partial charge in [-0.2, -0.15) is 0 Å². The molecule has 0 amide bonds. The van der Waals surface area contributed by atoms with Gasteiger partial charge in [0.2, 0.25) is 0 Å². The van der Waals surface area contributed by atoms with E-state index in [0.29, 0.717) is 11.4 Å². The average molecular weight is 240 g/mol. The van der Waals surface area contributed by atoms with Crippen LogP contribution < -0.4 is 0 Å². The van der Waals surface area contributed by atoms with Crippen LogP contribution in [0, 0.1) is 23.7 Å². The molecule has 0 heterocycles. The first kappa shape index (κ1) is 12.1. The molecule has 0 aliphatic rings. The Hall–Kier alpha value is -2.36. The first-order chi connectivity index (χ1) is 8.67. The van der Waals surface area contributed by atoms with Crippen LogP contribution in [0.15, 0.2) is 46.8 Å². The lowest BCUT2D eigenvalue weighted by molar-refractivity contribution is 1.30. The predicted octanol–water partition coefficient (Wildman–Crippen LogP) is 4.77. The molecule has 0 atom stereocenters. The van der Waals surface area contributed by atoms with E-state index in [1.54, 1.807) is 18.2 Å². The van der Waals surface area contributed by atoms with Gasteiger partial charge in [-0.15, -0.1) is 9.81 Å². The lowest BCUT2D eigenvalue weighted by atomic mass is 9.96.